The molecule has 226 valence electrons. The SMILES string of the molecule is [2H]C(=O)OCc1ccc(CC(=O)[C@@H](C)NC(=O)[C@H](CC(=O)CCCCCN2C(=O)CC(C(C)(C)C)C2=O)C(C)C)cc1. The molecule has 0 saturated carbocycles. The van der Waals surface area contributed by atoms with Crippen molar-refractivity contribution in [1.82, 2.24) is 10.2 Å². The Morgan fingerprint density at radius 3 is 2.27 bits per heavy atom. The largest absolute Gasteiger partial charge is 0.463 e. The van der Waals surface area contributed by atoms with E-state index in [-0.39, 0.29) is 72.4 Å². The van der Waals surface area contributed by atoms with Gasteiger partial charge in [0.1, 0.15) is 12.4 Å². The second kappa shape index (κ2) is 15.6. The van der Waals surface area contributed by atoms with Crippen molar-refractivity contribution in [3.8, 4) is 0 Å². The van der Waals surface area contributed by atoms with Gasteiger partial charge in [-0.3, -0.25) is 33.7 Å². The number of benzene rings is 1. The molecule has 1 aliphatic rings. The third-order valence-corrected chi connectivity index (χ3v) is 7.76. The van der Waals surface area contributed by atoms with E-state index in [4.69, 9.17) is 1.37 Å². The lowest BCUT2D eigenvalue weighted by molar-refractivity contribution is -0.140. The molecular formula is C32H46N2O7. The van der Waals surface area contributed by atoms with E-state index in [1.165, 1.54) is 4.90 Å². The number of carbonyl (C=O) groups excluding carboxylic acids is 6. The molecule has 1 fully saturated rings. The van der Waals surface area contributed by atoms with Crippen molar-refractivity contribution in [2.24, 2.45) is 23.2 Å². The van der Waals surface area contributed by atoms with Gasteiger partial charge in [0, 0.05) is 38.1 Å². The molecule has 2 rings (SSSR count). The van der Waals surface area contributed by atoms with E-state index in [0.29, 0.717) is 37.8 Å². The van der Waals surface area contributed by atoms with E-state index in [1.54, 1.807) is 31.2 Å². The fourth-order valence-electron chi connectivity index (χ4n) is 4.96. The van der Waals surface area contributed by atoms with E-state index in [9.17, 15) is 28.8 Å². The van der Waals surface area contributed by atoms with Gasteiger partial charge < -0.3 is 10.1 Å². The van der Waals surface area contributed by atoms with Crippen LogP contribution in [0.3, 0.4) is 0 Å². The lowest BCUT2D eigenvalue weighted by atomic mass is 9.80. The predicted molar refractivity (Wildman–Crippen MR) is 154 cm³/mol. The predicted octanol–water partition coefficient (Wildman–Crippen LogP) is 4.19. The van der Waals surface area contributed by atoms with Gasteiger partial charge in [0.2, 0.25) is 17.7 Å². The number of amides is 3. The van der Waals surface area contributed by atoms with Crippen LogP contribution >= 0.6 is 0 Å². The highest BCUT2D eigenvalue weighted by atomic mass is 16.5. The van der Waals surface area contributed by atoms with Gasteiger partial charge in [-0.1, -0.05) is 65.3 Å². The smallest absolute Gasteiger partial charge is 0.293 e. The number of nitrogens with one attached hydrogen (secondary N) is 1. The van der Waals surface area contributed by atoms with Crippen molar-refractivity contribution in [3.63, 3.8) is 0 Å². The van der Waals surface area contributed by atoms with Gasteiger partial charge in [0.15, 0.2) is 7.15 Å². The van der Waals surface area contributed by atoms with Crippen LogP contribution in [0, 0.1) is 23.2 Å². The number of ketones is 2. The Labute approximate surface area is 245 Å². The Kier molecular flexibility index (Phi) is 12.2. The van der Waals surface area contributed by atoms with Crippen molar-refractivity contribution >= 4 is 35.7 Å². The summed E-state index contributed by atoms with van der Waals surface area (Å²) < 4.78 is 11.4. The number of imide groups is 1. The summed E-state index contributed by atoms with van der Waals surface area (Å²) in [6.07, 6.45) is 1.60. The molecule has 0 aromatic heterocycles. The van der Waals surface area contributed by atoms with Crippen molar-refractivity contribution in [1.29, 1.82) is 0 Å². The zero-order chi connectivity index (χ0) is 31.6. The molecule has 0 bridgehead atoms. The van der Waals surface area contributed by atoms with Crippen LogP contribution in [0.4, 0.5) is 0 Å². The Morgan fingerprint density at radius 2 is 1.71 bits per heavy atom. The van der Waals surface area contributed by atoms with Crippen LogP contribution in [0.1, 0.15) is 92.6 Å². The first-order valence-corrected chi connectivity index (χ1v) is 14.5. The zero-order valence-corrected chi connectivity index (χ0v) is 25.3. The maximum Gasteiger partial charge on any atom is 0.293 e. The Balaban J connectivity index is 1.76. The minimum atomic E-state index is -1.11. The third-order valence-electron chi connectivity index (χ3n) is 7.76. The van der Waals surface area contributed by atoms with Crippen molar-refractivity contribution < 1.29 is 34.9 Å². The van der Waals surface area contributed by atoms with Crippen LogP contribution in [-0.4, -0.2) is 53.2 Å². The number of nitrogens with zero attached hydrogens (tertiary/aromatic N) is 1. The Bertz CT molecular complexity index is 1140. The average Bonchev–Trinajstić information content (AvgIpc) is 3.19. The molecule has 9 nitrogen and oxygen atoms in total. The second-order valence-electron chi connectivity index (χ2n) is 12.5. The van der Waals surface area contributed by atoms with Crippen LogP contribution in [0.15, 0.2) is 24.3 Å². The number of likely N-dealkylation sites (tertiary alicyclic amines) is 1. The maximum absolute atomic E-state index is 13.0. The summed E-state index contributed by atoms with van der Waals surface area (Å²) in [5, 5.41) is 2.77. The van der Waals surface area contributed by atoms with Gasteiger partial charge in [-0.15, -0.1) is 0 Å². The third kappa shape index (κ3) is 10.5. The first-order valence-electron chi connectivity index (χ1n) is 15.0. The lowest BCUT2D eigenvalue weighted by Gasteiger charge is -2.24. The second-order valence-corrected chi connectivity index (χ2v) is 12.5. The van der Waals surface area contributed by atoms with E-state index in [0.717, 1.165) is 5.56 Å². The van der Waals surface area contributed by atoms with E-state index >= 15 is 0 Å². The highest BCUT2D eigenvalue weighted by molar-refractivity contribution is 6.03. The highest BCUT2D eigenvalue weighted by Crippen LogP contribution is 2.35. The molecule has 1 aliphatic heterocycles. The number of hydrogen-bond donors (Lipinski definition) is 1. The van der Waals surface area contributed by atoms with Crippen LogP contribution < -0.4 is 5.32 Å². The molecule has 0 aliphatic carbocycles. The number of Topliss-reactive ketones (excluding diaryl/α,β-unsaturated/α-hetero) is 2. The first-order chi connectivity index (χ1) is 19.6. The minimum Gasteiger partial charge on any atom is -0.463 e. The van der Waals surface area contributed by atoms with Crippen LogP contribution in [0.5, 0.6) is 0 Å². The highest BCUT2D eigenvalue weighted by Gasteiger charge is 2.44. The van der Waals surface area contributed by atoms with E-state index < -0.39 is 18.4 Å². The Hall–Kier alpha value is -3.36. The molecular weight excluding hydrogens is 524 g/mol. The molecule has 1 saturated heterocycles. The lowest BCUT2D eigenvalue weighted by Crippen LogP contribution is -2.44. The van der Waals surface area contributed by atoms with Gasteiger partial charge >= 0.3 is 0 Å². The van der Waals surface area contributed by atoms with Crippen LogP contribution in [0.25, 0.3) is 0 Å². The summed E-state index contributed by atoms with van der Waals surface area (Å²) in [7, 11) is 0. The van der Waals surface area contributed by atoms with Gasteiger partial charge in [0.05, 0.1) is 12.0 Å². The summed E-state index contributed by atoms with van der Waals surface area (Å²) in [5.41, 5.74) is 1.18. The fraction of sp³-hybridized carbons (Fsp3) is 0.625. The maximum atomic E-state index is 13.0. The number of unbranched alkanes of at least 4 members (excludes halogenated alkanes) is 2. The molecule has 0 spiro atoms. The van der Waals surface area contributed by atoms with Crippen LogP contribution in [0.2, 0.25) is 0 Å². The summed E-state index contributed by atoms with van der Waals surface area (Å²) in [6.45, 7) is 11.6. The van der Waals surface area contributed by atoms with Gasteiger partial charge in [-0.05, 0) is 42.2 Å². The van der Waals surface area contributed by atoms with Gasteiger partial charge in [-0.25, -0.2) is 0 Å². The van der Waals surface area contributed by atoms with Crippen molar-refractivity contribution in [2.75, 3.05) is 6.54 Å². The normalized spacial score (nSPS) is 17.3. The molecule has 1 N–H and O–H groups in total. The standard InChI is InChI=1S/C32H46N2O7/c1-21(2)26(30(39)33-22(3)28(37)16-23-11-13-24(14-12-23)19-41-20-35)17-25(36)10-8-7-9-15-34-29(38)18-27(31(34)40)32(4,5)6/h11-14,20-22,26-27H,7-10,15-19H2,1-6H3,(H,33,39)/t22-,26-,27?/m1/s1/i20D. The average molecular weight is 572 g/mol. The van der Waals surface area contributed by atoms with Crippen LogP contribution in [-0.2, 0) is 46.5 Å². The quantitative estimate of drug-likeness (QED) is 0.179. The molecule has 1 unspecified atom stereocenters. The van der Waals surface area contributed by atoms with Crippen molar-refractivity contribution in [2.45, 2.75) is 99.1 Å². The molecule has 1 aromatic carbocycles. The van der Waals surface area contributed by atoms with Gasteiger partial charge in [-0.2, -0.15) is 0 Å². The summed E-state index contributed by atoms with van der Waals surface area (Å²) >= 11 is 0. The zero-order valence-electron chi connectivity index (χ0n) is 26.3. The van der Waals surface area contributed by atoms with Gasteiger partial charge in [0.25, 0.3) is 6.45 Å². The summed E-state index contributed by atoms with van der Waals surface area (Å²) in [6, 6.07) is 6.16. The topological polar surface area (TPSA) is 127 Å². The molecule has 41 heavy (non-hydrogen) atoms. The van der Waals surface area contributed by atoms with Crippen molar-refractivity contribution in [3.05, 3.63) is 35.4 Å². The number of ether oxygens (including phenoxy) is 1. The summed E-state index contributed by atoms with van der Waals surface area (Å²) in [5.74, 6) is -1.70. The van der Waals surface area contributed by atoms with E-state index in [1.807, 2.05) is 34.6 Å². The monoisotopic (exact) mass is 571 g/mol. The molecule has 1 heterocycles. The number of rotatable bonds is 16. The first kappa shape index (κ1) is 32.2. The Morgan fingerprint density at radius 1 is 1.07 bits per heavy atom. The summed E-state index contributed by atoms with van der Waals surface area (Å²) in [4.78, 5) is 75.4. The molecule has 3 atom stereocenters. The molecule has 1 aromatic rings. The molecule has 9 heteroatoms. The molecule has 3 amide bonds. The fourth-order valence-corrected chi connectivity index (χ4v) is 4.96. The number of hydrogen-bond acceptors (Lipinski definition) is 7. The van der Waals surface area contributed by atoms with E-state index in [2.05, 4.69) is 10.1 Å². The molecule has 0 radical (unpaired) electrons. The minimum absolute atomic E-state index is 0.0169. The number of carbonyl (C=O) groups is 6.